The Morgan fingerprint density at radius 3 is 2.76 bits per heavy atom. The molecule has 1 atom stereocenters. The molecule has 2 nitrogen and oxygen atoms in total. The second-order valence-electron chi connectivity index (χ2n) is 5.09. The minimum atomic E-state index is -0.554. The van der Waals surface area contributed by atoms with Crippen molar-refractivity contribution in [2.45, 2.75) is 44.2 Å². The van der Waals surface area contributed by atoms with E-state index in [9.17, 15) is 9.50 Å². The molecule has 0 heterocycles. The lowest BCUT2D eigenvalue weighted by molar-refractivity contribution is 0.0453. The van der Waals surface area contributed by atoms with Crippen LogP contribution in [0.15, 0.2) is 24.3 Å². The van der Waals surface area contributed by atoms with Gasteiger partial charge in [0.25, 0.3) is 0 Å². The Labute approximate surface area is 102 Å². The number of benzene rings is 1. The molecule has 2 N–H and O–H groups in total. The van der Waals surface area contributed by atoms with Gasteiger partial charge in [-0.1, -0.05) is 25.0 Å². The zero-order valence-corrected chi connectivity index (χ0v) is 10.2. The second kappa shape index (κ2) is 5.15. The third kappa shape index (κ3) is 3.27. The fraction of sp³-hybridized carbons (Fsp3) is 0.571. The molecule has 0 unspecified atom stereocenters. The van der Waals surface area contributed by atoms with Crippen LogP contribution in [0.3, 0.4) is 0 Å². The van der Waals surface area contributed by atoms with Crippen molar-refractivity contribution in [1.82, 2.24) is 5.32 Å². The van der Waals surface area contributed by atoms with Gasteiger partial charge in [-0.2, -0.15) is 0 Å². The van der Waals surface area contributed by atoms with E-state index >= 15 is 0 Å². The first-order chi connectivity index (χ1) is 8.09. The Hall–Kier alpha value is -0.930. The fourth-order valence-electron chi connectivity index (χ4n) is 2.45. The minimum absolute atomic E-state index is 0.0651. The molecule has 2 rings (SSSR count). The number of hydrogen-bond acceptors (Lipinski definition) is 2. The van der Waals surface area contributed by atoms with Crippen LogP contribution in [0.1, 0.15) is 44.2 Å². The molecule has 1 aliphatic rings. The molecule has 0 radical (unpaired) electrons. The van der Waals surface area contributed by atoms with Crippen molar-refractivity contribution < 1.29 is 9.50 Å². The lowest BCUT2D eigenvalue weighted by Gasteiger charge is -2.25. The summed E-state index contributed by atoms with van der Waals surface area (Å²) in [5.74, 6) is -0.212. The molecule has 0 amide bonds. The van der Waals surface area contributed by atoms with Crippen LogP contribution in [0.5, 0.6) is 0 Å². The van der Waals surface area contributed by atoms with Gasteiger partial charge in [0.05, 0.1) is 5.60 Å². The quantitative estimate of drug-likeness (QED) is 0.844. The molecule has 0 aliphatic heterocycles. The third-order valence-electron chi connectivity index (χ3n) is 3.62. The van der Waals surface area contributed by atoms with Gasteiger partial charge in [-0.05, 0) is 37.5 Å². The molecule has 94 valence electrons. The van der Waals surface area contributed by atoms with Crippen molar-refractivity contribution in [3.05, 3.63) is 35.6 Å². The van der Waals surface area contributed by atoms with Crippen LogP contribution >= 0.6 is 0 Å². The van der Waals surface area contributed by atoms with Crippen molar-refractivity contribution in [2.75, 3.05) is 6.54 Å². The summed E-state index contributed by atoms with van der Waals surface area (Å²) in [6.45, 7) is 2.58. The zero-order valence-electron chi connectivity index (χ0n) is 10.2. The summed E-state index contributed by atoms with van der Waals surface area (Å²) in [4.78, 5) is 0. The van der Waals surface area contributed by atoms with E-state index in [4.69, 9.17) is 0 Å². The normalized spacial score (nSPS) is 20.4. The molecule has 1 aliphatic carbocycles. The zero-order chi connectivity index (χ0) is 12.3. The standard InChI is InChI=1S/C14H20FNO/c1-11(12-5-4-6-13(15)9-12)16-10-14(17)7-2-3-8-14/h4-6,9,11,16-17H,2-3,7-8,10H2,1H3/t11-/m0/s1. The van der Waals surface area contributed by atoms with Gasteiger partial charge in [-0.15, -0.1) is 0 Å². The van der Waals surface area contributed by atoms with Crippen LogP contribution in [0.4, 0.5) is 4.39 Å². The van der Waals surface area contributed by atoms with Gasteiger partial charge in [0.2, 0.25) is 0 Å². The van der Waals surface area contributed by atoms with Crippen LogP contribution < -0.4 is 5.32 Å². The van der Waals surface area contributed by atoms with Gasteiger partial charge < -0.3 is 10.4 Å². The molecule has 0 aromatic heterocycles. The molecule has 0 bridgehead atoms. The molecule has 3 heteroatoms. The highest BCUT2D eigenvalue weighted by Crippen LogP contribution is 2.29. The molecular weight excluding hydrogens is 217 g/mol. The molecule has 1 aromatic carbocycles. The maximum Gasteiger partial charge on any atom is 0.123 e. The average molecular weight is 237 g/mol. The first kappa shape index (κ1) is 12.5. The Bertz CT molecular complexity index is 374. The SMILES string of the molecule is C[C@H](NCC1(O)CCCC1)c1cccc(F)c1. The molecule has 17 heavy (non-hydrogen) atoms. The van der Waals surface area contributed by atoms with Gasteiger partial charge in [-0.3, -0.25) is 0 Å². The monoisotopic (exact) mass is 237 g/mol. The highest BCUT2D eigenvalue weighted by Gasteiger charge is 2.30. The van der Waals surface area contributed by atoms with Crippen molar-refractivity contribution >= 4 is 0 Å². The predicted octanol–water partition coefficient (Wildman–Crippen LogP) is 2.78. The Kier molecular flexibility index (Phi) is 3.79. The lowest BCUT2D eigenvalue weighted by Crippen LogP contribution is -2.39. The first-order valence-electron chi connectivity index (χ1n) is 6.30. The molecular formula is C14H20FNO. The van der Waals surface area contributed by atoms with Gasteiger partial charge in [0, 0.05) is 12.6 Å². The molecule has 1 fully saturated rings. The maximum atomic E-state index is 13.1. The fourth-order valence-corrected chi connectivity index (χ4v) is 2.45. The van der Waals surface area contributed by atoms with Crippen molar-refractivity contribution in [3.63, 3.8) is 0 Å². The number of aliphatic hydroxyl groups is 1. The maximum absolute atomic E-state index is 13.1. The van der Waals surface area contributed by atoms with Gasteiger partial charge in [0.1, 0.15) is 5.82 Å². The average Bonchev–Trinajstić information content (AvgIpc) is 2.74. The number of nitrogens with one attached hydrogen (secondary N) is 1. The van der Waals surface area contributed by atoms with Crippen molar-refractivity contribution in [2.24, 2.45) is 0 Å². The Balaban J connectivity index is 1.91. The van der Waals surface area contributed by atoms with E-state index in [0.29, 0.717) is 6.54 Å². The van der Waals surface area contributed by atoms with Crippen LogP contribution in [0, 0.1) is 5.82 Å². The van der Waals surface area contributed by atoms with Crippen LogP contribution in [-0.2, 0) is 0 Å². The Morgan fingerprint density at radius 1 is 1.41 bits per heavy atom. The summed E-state index contributed by atoms with van der Waals surface area (Å²) >= 11 is 0. The summed E-state index contributed by atoms with van der Waals surface area (Å²) < 4.78 is 13.1. The van der Waals surface area contributed by atoms with Gasteiger partial charge in [0.15, 0.2) is 0 Å². The van der Waals surface area contributed by atoms with E-state index in [1.807, 2.05) is 13.0 Å². The van der Waals surface area contributed by atoms with Crippen LogP contribution in [0.2, 0.25) is 0 Å². The van der Waals surface area contributed by atoms with E-state index in [1.165, 1.54) is 12.1 Å². The predicted molar refractivity (Wildman–Crippen MR) is 66.2 cm³/mol. The van der Waals surface area contributed by atoms with E-state index in [0.717, 1.165) is 31.2 Å². The van der Waals surface area contributed by atoms with E-state index in [-0.39, 0.29) is 11.9 Å². The van der Waals surface area contributed by atoms with E-state index in [1.54, 1.807) is 6.07 Å². The van der Waals surface area contributed by atoms with Crippen molar-refractivity contribution in [3.8, 4) is 0 Å². The van der Waals surface area contributed by atoms with Crippen LogP contribution in [-0.4, -0.2) is 17.3 Å². The van der Waals surface area contributed by atoms with Gasteiger partial charge >= 0.3 is 0 Å². The van der Waals surface area contributed by atoms with E-state index < -0.39 is 5.60 Å². The van der Waals surface area contributed by atoms with Crippen LogP contribution in [0.25, 0.3) is 0 Å². The summed E-state index contributed by atoms with van der Waals surface area (Å²) in [7, 11) is 0. The lowest BCUT2D eigenvalue weighted by atomic mass is 10.0. The highest BCUT2D eigenvalue weighted by atomic mass is 19.1. The summed E-state index contributed by atoms with van der Waals surface area (Å²) in [6, 6.07) is 6.67. The minimum Gasteiger partial charge on any atom is -0.389 e. The number of rotatable bonds is 4. The third-order valence-corrected chi connectivity index (χ3v) is 3.62. The van der Waals surface area contributed by atoms with Gasteiger partial charge in [-0.25, -0.2) is 4.39 Å². The molecule has 1 aromatic rings. The molecule has 0 spiro atoms. The topological polar surface area (TPSA) is 32.3 Å². The molecule has 1 saturated carbocycles. The van der Waals surface area contributed by atoms with Crippen molar-refractivity contribution in [1.29, 1.82) is 0 Å². The number of hydrogen-bond donors (Lipinski definition) is 2. The Morgan fingerprint density at radius 2 is 2.12 bits per heavy atom. The number of halogens is 1. The second-order valence-corrected chi connectivity index (χ2v) is 5.09. The summed E-state index contributed by atoms with van der Waals surface area (Å²) in [5.41, 5.74) is 0.369. The highest BCUT2D eigenvalue weighted by molar-refractivity contribution is 5.19. The largest absolute Gasteiger partial charge is 0.389 e. The summed E-state index contributed by atoms with van der Waals surface area (Å²) in [6.07, 6.45) is 3.95. The van der Waals surface area contributed by atoms with E-state index in [2.05, 4.69) is 5.32 Å². The summed E-state index contributed by atoms with van der Waals surface area (Å²) in [5, 5.41) is 13.5. The first-order valence-corrected chi connectivity index (χ1v) is 6.30. The smallest absolute Gasteiger partial charge is 0.123 e. The molecule has 0 saturated heterocycles.